The molecule has 1 aromatic heterocycles. The summed E-state index contributed by atoms with van der Waals surface area (Å²) in [6.07, 6.45) is 2.39. The minimum absolute atomic E-state index is 0.0361. The van der Waals surface area contributed by atoms with Crippen LogP contribution in [0.3, 0.4) is 0 Å². The molecule has 2 aromatic carbocycles. The predicted molar refractivity (Wildman–Crippen MR) is 91.7 cm³/mol. The highest BCUT2D eigenvalue weighted by atomic mass is 19.1. The van der Waals surface area contributed by atoms with Crippen molar-refractivity contribution in [1.29, 1.82) is 0 Å². The summed E-state index contributed by atoms with van der Waals surface area (Å²) in [6.45, 7) is 1.20. The van der Waals surface area contributed by atoms with E-state index in [2.05, 4.69) is 15.5 Å². The Labute approximate surface area is 144 Å². The molecule has 6 heteroatoms. The molecule has 130 valence electrons. The minimum atomic E-state index is -0.616. The standard InChI is InChI=1S/C19H19F2N3O/c20-16-2-1-3-17(21)18(16)19-15(11-23-24-19)10-22-9-8-13-4-6-14(12-25)7-5-13/h1-7,11,22,25H,8-10,12H2,(H,23,24). The maximum Gasteiger partial charge on any atom is 0.135 e. The normalized spacial score (nSPS) is 11.0. The van der Waals surface area contributed by atoms with Crippen LogP contribution in [0.25, 0.3) is 11.3 Å². The summed E-state index contributed by atoms with van der Waals surface area (Å²) in [4.78, 5) is 0. The van der Waals surface area contributed by atoms with E-state index in [1.54, 1.807) is 6.20 Å². The Hall–Kier alpha value is -2.57. The highest BCUT2D eigenvalue weighted by Gasteiger charge is 2.16. The van der Waals surface area contributed by atoms with Crippen LogP contribution in [0.2, 0.25) is 0 Å². The van der Waals surface area contributed by atoms with Gasteiger partial charge in [-0.1, -0.05) is 30.3 Å². The zero-order valence-corrected chi connectivity index (χ0v) is 13.6. The highest BCUT2D eigenvalue weighted by Crippen LogP contribution is 2.26. The van der Waals surface area contributed by atoms with Crippen LogP contribution in [-0.4, -0.2) is 21.8 Å². The molecule has 0 aliphatic heterocycles. The molecule has 1 heterocycles. The average molecular weight is 343 g/mol. The number of rotatable bonds is 7. The van der Waals surface area contributed by atoms with Gasteiger partial charge in [-0.05, 0) is 36.2 Å². The van der Waals surface area contributed by atoms with Gasteiger partial charge in [0.2, 0.25) is 0 Å². The van der Waals surface area contributed by atoms with Gasteiger partial charge in [0.1, 0.15) is 11.6 Å². The van der Waals surface area contributed by atoms with Gasteiger partial charge in [0, 0.05) is 12.1 Å². The lowest BCUT2D eigenvalue weighted by Crippen LogP contribution is -2.17. The lowest BCUT2D eigenvalue weighted by molar-refractivity contribution is 0.282. The third-order valence-corrected chi connectivity index (χ3v) is 4.04. The number of H-pyrrole nitrogens is 1. The monoisotopic (exact) mass is 343 g/mol. The van der Waals surface area contributed by atoms with Crippen LogP contribution in [-0.2, 0) is 19.6 Å². The van der Waals surface area contributed by atoms with Crippen LogP contribution in [0.4, 0.5) is 8.78 Å². The number of nitrogens with one attached hydrogen (secondary N) is 2. The Morgan fingerprint density at radius 1 is 1.00 bits per heavy atom. The second-order valence-electron chi connectivity index (χ2n) is 5.77. The molecule has 3 N–H and O–H groups in total. The van der Waals surface area contributed by atoms with E-state index < -0.39 is 11.6 Å². The molecule has 0 aliphatic carbocycles. The van der Waals surface area contributed by atoms with E-state index in [1.165, 1.54) is 18.2 Å². The van der Waals surface area contributed by atoms with Crippen LogP contribution in [0, 0.1) is 11.6 Å². The first-order valence-electron chi connectivity index (χ1n) is 8.05. The minimum Gasteiger partial charge on any atom is -0.392 e. The number of halogens is 2. The molecule has 0 saturated heterocycles. The van der Waals surface area contributed by atoms with Crippen molar-refractivity contribution in [3.63, 3.8) is 0 Å². The van der Waals surface area contributed by atoms with Crippen LogP contribution >= 0.6 is 0 Å². The largest absolute Gasteiger partial charge is 0.392 e. The van der Waals surface area contributed by atoms with Gasteiger partial charge in [0.05, 0.1) is 24.1 Å². The molecular formula is C19H19F2N3O. The van der Waals surface area contributed by atoms with Crippen LogP contribution in [0.5, 0.6) is 0 Å². The van der Waals surface area contributed by atoms with Crippen molar-refractivity contribution < 1.29 is 13.9 Å². The van der Waals surface area contributed by atoms with Crippen LogP contribution < -0.4 is 5.32 Å². The summed E-state index contributed by atoms with van der Waals surface area (Å²) >= 11 is 0. The highest BCUT2D eigenvalue weighted by molar-refractivity contribution is 5.64. The van der Waals surface area contributed by atoms with Gasteiger partial charge < -0.3 is 10.4 Å². The Balaban J connectivity index is 1.60. The Morgan fingerprint density at radius 3 is 2.36 bits per heavy atom. The summed E-state index contributed by atoms with van der Waals surface area (Å²) in [7, 11) is 0. The van der Waals surface area contributed by atoms with Crippen molar-refractivity contribution >= 4 is 0 Å². The van der Waals surface area contributed by atoms with E-state index in [9.17, 15) is 8.78 Å². The van der Waals surface area contributed by atoms with E-state index in [-0.39, 0.29) is 12.2 Å². The molecule has 0 unspecified atom stereocenters. The van der Waals surface area contributed by atoms with Gasteiger partial charge in [0.15, 0.2) is 0 Å². The predicted octanol–water partition coefficient (Wildman–Crippen LogP) is 3.18. The number of benzene rings is 2. The van der Waals surface area contributed by atoms with Crippen molar-refractivity contribution in [1.82, 2.24) is 15.5 Å². The molecule has 0 fully saturated rings. The Morgan fingerprint density at radius 2 is 1.68 bits per heavy atom. The third-order valence-electron chi connectivity index (χ3n) is 4.04. The third kappa shape index (κ3) is 4.10. The van der Waals surface area contributed by atoms with Gasteiger partial charge in [-0.2, -0.15) is 5.10 Å². The first kappa shape index (κ1) is 17.3. The number of nitrogens with zero attached hydrogens (tertiary/aromatic N) is 1. The average Bonchev–Trinajstić information content (AvgIpc) is 3.07. The fourth-order valence-corrected chi connectivity index (χ4v) is 2.67. The van der Waals surface area contributed by atoms with E-state index >= 15 is 0 Å². The molecule has 0 aliphatic rings. The van der Waals surface area contributed by atoms with E-state index in [1.807, 2.05) is 24.3 Å². The molecule has 25 heavy (non-hydrogen) atoms. The quantitative estimate of drug-likeness (QED) is 0.578. The second kappa shape index (κ2) is 8.00. The van der Waals surface area contributed by atoms with Gasteiger partial charge in [-0.3, -0.25) is 5.10 Å². The zero-order chi connectivity index (χ0) is 17.6. The molecular weight excluding hydrogens is 324 g/mol. The molecule has 0 radical (unpaired) electrons. The smallest absolute Gasteiger partial charge is 0.135 e. The molecule has 0 bridgehead atoms. The second-order valence-corrected chi connectivity index (χ2v) is 5.77. The fraction of sp³-hybridized carbons (Fsp3) is 0.211. The topological polar surface area (TPSA) is 60.9 Å². The summed E-state index contributed by atoms with van der Waals surface area (Å²) in [6, 6.07) is 11.5. The van der Waals surface area contributed by atoms with Crippen LogP contribution in [0.15, 0.2) is 48.7 Å². The molecule has 3 rings (SSSR count). The van der Waals surface area contributed by atoms with Crippen LogP contribution in [0.1, 0.15) is 16.7 Å². The van der Waals surface area contributed by atoms with E-state index in [4.69, 9.17) is 5.11 Å². The summed E-state index contributed by atoms with van der Waals surface area (Å²) in [5.41, 5.74) is 3.01. The first-order valence-corrected chi connectivity index (χ1v) is 8.05. The fourth-order valence-electron chi connectivity index (χ4n) is 2.67. The van der Waals surface area contributed by atoms with Crippen molar-refractivity contribution in [3.8, 4) is 11.3 Å². The van der Waals surface area contributed by atoms with Gasteiger partial charge >= 0.3 is 0 Å². The van der Waals surface area contributed by atoms with Gasteiger partial charge in [-0.25, -0.2) is 8.78 Å². The summed E-state index contributed by atoms with van der Waals surface area (Å²) in [5.74, 6) is -1.23. The lowest BCUT2D eigenvalue weighted by Gasteiger charge is -2.08. The number of hydrogen-bond donors (Lipinski definition) is 3. The van der Waals surface area contributed by atoms with Crippen molar-refractivity contribution in [2.24, 2.45) is 0 Å². The summed E-state index contributed by atoms with van der Waals surface area (Å²) < 4.78 is 27.9. The van der Waals surface area contributed by atoms with Gasteiger partial charge in [0.25, 0.3) is 0 Å². The summed E-state index contributed by atoms with van der Waals surface area (Å²) in [5, 5.41) is 18.9. The SMILES string of the molecule is OCc1ccc(CCNCc2cn[nH]c2-c2c(F)cccc2F)cc1. The number of hydrogen-bond acceptors (Lipinski definition) is 3. The van der Waals surface area contributed by atoms with Crippen molar-refractivity contribution in [2.75, 3.05) is 6.54 Å². The first-order chi connectivity index (χ1) is 12.2. The lowest BCUT2D eigenvalue weighted by atomic mass is 10.1. The molecule has 0 saturated carbocycles. The number of aliphatic hydroxyl groups is 1. The molecule has 0 amide bonds. The number of aromatic nitrogens is 2. The molecule has 0 atom stereocenters. The number of aromatic amines is 1. The maximum absolute atomic E-state index is 13.9. The molecule has 4 nitrogen and oxygen atoms in total. The van der Waals surface area contributed by atoms with Crippen molar-refractivity contribution in [2.45, 2.75) is 19.6 Å². The molecule has 3 aromatic rings. The number of aliphatic hydroxyl groups excluding tert-OH is 1. The maximum atomic E-state index is 13.9. The Bertz CT molecular complexity index is 811. The Kier molecular flexibility index (Phi) is 5.53. The van der Waals surface area contributed by atoms with Gasteiger partial charge in [-0.15, -0.1) is 0 Å². The van der Waals surface area contributed by atoms with Crippen molar-refractivity contribution in [3.05, 3.63) is 77.0 Å². The van der Waals surface area contributed by atoms with E-state index in [0.717, 1.165) is 17.5 Å². The zero-order valence-electron chi connectivity index (χ0n) is 13.6. The van der Waals surface area contributed by atoms with E-state index in [0.29, 0.717) is 24.3 Å². The molecule has 0 spiro atoms.